The van der Waals surface area contributed by atoms with Crippen LogP contribution in [0.2, 0.25) is 0 Å². The highest BCUT2D eigenvalue weighted by molar-refractivity contribution is 6.06. The van der Waals surface area contributed by atoms with Gasteiger partial charge in [-0.1, -0.05) is 13.0 Å². The van der Waals surface area contributed by atoms with Gasteiger partial charge in [-0.05, 0) is 42.8 Å². The second kappa shape index (κ2) is 8.05. The summed E-state index contributed by atoms with van der Waals surface area (Å²) >= 11 is 0. The maximum absolute atomic E-state index is 13.4. The second-order valence-electron chi connectivity index (χ2n) is 5.04. The summed E-state index contributed by atoms with van der Waals surface area (Å²) in [6, 6.07) is 8.09. The predicted molar refractivity (Wildman–Crippen MR) is 88.1 cm³/mol. The average Bonchev–Trinajstić information content (AvgIpc) is 2.52. The number of rotatable bonds is 5. The molecule has 5 nitrogen and oxygen atoms in total. The smallest absolute Gasteiger partial charge is 0.323 e. The molecule has 7 heteroatoms. The molecule has 0 spiro atoms. The van der Waals surface area contributed by atoms with Crippen molar-refractivity contribution < 1.29 is 18.4 Å². The number of hydrogen-bond acceptors (Lipinski definition) is 2. The summed E-state index contributed by atoms with van der Waals surface area (Å²) in [6.07, 6.45) is 0.746. The number of carbonyl (C=O) groups is 2. The van der Waals surface area contributed by atoms with E-state index in [1.165, 1.54) is 24.3 Å². The molecule has 0 aromatic heterocycles. The van der Waals surface area contributed by atoms with Crippen molar-refractivity contribution in [3.8, 4) is 0 Å². The van der Waals surface area contributed by atoms with Crippen LogP contribution in [0.15, 0.2) is 42.5 Å². The summed E-state index contributed by atoms with van der Waals surface area (Å²) in [7, 11) is 0. The molecule has 0 aliphatic carbocycles. The van der Waals surface area contributed by atoms with Crippen LogP contribution in [0.4, 0.5) is 25.0 Å². The van der Waals surface area contributed by atoms with Crippen LogP contribution >= 0.6 is 0 Å². The van der Waals surface area contributed by atoms with Crippen LogP contribution in [-0.2, 0) is 0 Å². The standard InChI is InChI=1S/C17H17F2N3O2/c1-2-8-20-16(23)14-7-6-12(19)10-15(14)22-17(24)21-13-5-3-4-11(18)9-13/h3-7,9-10H,2,8H2,1H3,(H,20,23)(H2,21,22,24). The van der Waals surface area contributed by atoms with Gasteiger partial charge < -0.3 is 16.0 Å². The molecule has 24 heavy (non-hydrogen) atoms. The van der Waals surface area contributed by atoms with E-state index in [9.17, 15) is 18.4 Å². The van der Waals surface area contributed by atoms with Crippen molar-refractivity contribution in [3.05, 3.63) is 59.7 Å². The van der Waals surface area contributed by atoms with E-state index in [4.69, 9.17) is 0 Å². The molecular formula is C17H17F2N3O2. The number of hydrogen-bond donors (Lipinski definition) is 3. The third-order valence-electron chi connectivity index (χ3n) is 3.09. The fraction of sp³-hybridized carbons (Fsp3) is 0.176. The summed E-state index contributed by atoms with van der Waals surface area (Å²) in [6.45, 7) is 2.36. The molecule has 126 valence electrons. The fourth-order valence-electron chi connectivity index (χ4n) is 2.00. The van der Waals surface area contributed by atoms with Gasteiger partial charge in [0.05, 0.1) is 11.3 Å². The molecule has 3 N–H and O–H groups in total. The summed E-state index contributed by atoms with van der Waals surface area (Å²) in [5, 5.41) is 7.48. The molecule has 2 rings (SSSR count). The summed E-state index contributed by atoms with van der Waals surface area (Å²) in [5.74, 6) is -1.51. The molecule has 0 radical (unpaired) electrons. The Morgan fingerprint density at radius 3 is 2.46 bits per heavy atom. The normalized spacial score (nSPS) is 10.1. The van der Waals surface area contributed by atoms with Gasteiger partial charge in [0.15, 0.2) is 0 Å². The van der Waals surface area contributed by atoms with Crippen LogP contribution in [0.25, 0.3) is 0 Å². The Bertz CT molecular complexity index is 750. The molecule has 3 amide bonds. The van der Waals surface area contributed by atoms with Gasteiger partial charge in [0.1, 0.15) is 11.6 Å². The first-order chi connectivity index (χ1) is 11.5. The van der Waals surface area contributed by atoms with E-state index in [1.54, 1.807) is 0 Å². The zero-order chi connectivity index (χ0) is 17.5. The van der Waals surface area contributed by atoms with E-state index in [-0.39, 0.29) is 16.9 Å². The maximum Gasteiger partial charge on any atom is 0.323 e. The summed E-state index contributed by atoms with van der Waals surface area (Å²) < 4.78 is 26.6. The summed E-state index contributed by atoms with van der Waals surface area (Å²) in [4.78, 5) is 24.1. The average molecular weight is 333 g/mol. The minimum atomic E-state index is -0.712. The predicted octanol–water partition coefficient (Wildman–Crippen LogP) is 3.75. The zero-order valence-electron chi connectivity index (χ0n) is 13.0. The largest absolute Gasteiger partial charge is 0.352 e. The molecule has 0 saturated heterocycles. The van der Waals surface area contributed by atoms with Crippen molar-refractivity contribution in [1.82, 2.24) is 5.32 Å². The van der Waals surface area contributed by atoms with Crippen molar-refractivity contribution >= 4 is 23.3 Å². The number of anilines is 2. The van der Waals surface area contributed by atoms with Gasteiger partial charge in [-0.15, -0.1) is 0 Å². The van der Waals surface area contributed by atoms with E-state index in [0.29, 0.717) is 6.54 Å². The molecule has 0 heterocycles. The van der Waals surface area contributed by atoms with Crippen molar-refractivity contribution in [2.24, 2.45) is 0 Å². The fourth-order valence-corrected chi connectivity index (χ4v) is 2.00. The number of urea groups is 1. The minimum Gasteiger partial charge on any atom is -0.352 e. The monoisotopic (exact) mass is 333 g/mol. The van der Waals surface area contributed by atoms with Crippen LogP contribution in [-0.4, -0.2) is 18.5 Å². The molecule has 0 unspecified atom stereocenters. The number of amides is 3. The zero-order valence-corrected chi connectivity index (χ0v) is 13.0. The van der Waals surface area contributed by atoms with Crippen LogP contribution < -0.4 is 16.0 Å². The highest BCUT2D eigenvalue weighted by Gasteiger charge is 2.14. The molecule has 0 bridgehead atoms. The van der Waals surface area contributed by atoms with E-state index in [1.807, 2.05) is 6.92 Å². The molecule has 0 fully saturated rings. The lowest BCUT2D eigenvalue weighted by Gasteiger charge is -2.12. The molecule has 2 aromatic rings. The lowest BCUT2D eigenvalue weighted by Crippen LogP contribution is -2.27. The molecule has 2 aromatic carbocycles. The molecule has 0 aliphatic heterocycles. The third kappa shape index (κ3) is 4.77. The first kappa shape index (κ1) is 17.4. The van der Waals surface area contributed by atoms with Gasteiger partial charge in [0.2, 0.25) is 0 Å². The van der Waals surface area contributed by atoms with Gasteiger partial charge in [-0.3, -0.25) is 4.79 Å². The van der Waals surface area contributed by atoms with E-state index in [0.717, 1.165) is 24.6 Å². The number of halogens is 2. The first-order valence-corrected chi connectivity index (χ1v) is 7.41. The Hall–Kier alpha value is -2.96. The van der Waals surface area contributed by atoms with Crippen molar-refractivity contribution in [2.45, 2.75) is 13.3 Å². The van der Waals surface area contributed by atoms with E-state index >= 15 is 0 Å². The van der Waals surface area contributed by atoms with Crippen molar-refractivity contribution in [1.29, 1.82) is 0 Å². The van der Waals surface area contributed by atoms with E-state index < -0.39 is 23.6 Å². The van der Waals surface area contributed by atoms with Crippen molar-refractivity contribution in [2.75, 3.05) is 17.2 Å². The highest BCUT2D eigenvalue weighted by atomic mass is 19.1. The topological polar surface area (TPSA) is 70.2 Å². The lowest BCUT2D eigenvalue weighted by atomic mass is 10.1. The Balaban J connectivity index is 2.14. The minimum absolute atomic E-state index is 0.0255. The number of nitrogens with one attached hydrogen (secondary N) is 3. The van der Waals surface area contributed by atoms with Crippen LogP contribution in [0.3, 0.4) is 0 Å². The first-order valence-electron chi connectivity index (χ1n) is 7.41. The van der Waals surface area contributed by atoms with Gasteiger partial charge in [-0.2, -0.15) is 0 Å². The lowest BCUT2D eigenvalue weighted by molar-refractivity contribution is 0.0954. The number of benzene rings is 2. The second-order valence-corrected chi connectivity index (χ2v) is 5.04. The Morgan fingerprint density at radius 2 is 1.75 bits per heavy atom. The van der Waals surface area contributed by atoms with Crippen LogP contribution in [0.1, 0.15) is 23.7 Å². The van der Waals surface area contributed by atoms with Gasteiger partial charge in [0.25, 0.3) is 5.91 Å². The van der Waals surface area contributed by atoms with Crippen LogP contribution in [0.5, 0.6) is 0 Å². The highest BCUT2D eigenvalue weighted by Crippen LogP contribution is 2.18. The SMILES string of the molecule is CCCNC(=O)c1ccc(F)cc1NC(=O)Nc1cccc(F)c1. The quantitative estimate of drug-likeness (QED) is 0.780. The third-order valence-corrected chi connectivity index (χ3v) is 3.09. The van der Waals surface area contributed by atoms with Crippen LogP contribution in [0, 0.1) is 11.6 Å². The van der Waals surface area contributed by atoms with Gasteiger partial charge >= 0.3 is 6.03 Å². The van der Waals surface area contributed by atoms with E-state index in [2.05, 4.69) is 16.0 Å². The number of carbonyl (C=O) groups excluding carboxylic acids is 2. The van der Waals surface area contributed by atoms with Gasteiger partial charge in [0, 0.05) is 12.2 Å². The van der Waals surface area contributed by atoms with Crippen molar-refractivity contribution in [3.63, 3.8) is 0 Å². The summed E-state index contributed by atoms with van der Waals surface area (Å²) in [5.41, 5.74) is 0.401. The maximum atomic E-state index is 13.4. The Morgan fingerprint density at radius 1 is 1.00 bits per heavy atom. The van der Waals surface area contributed by atoms with Gasteiger partial charge in [-0.25, -0.2) is 13.6 Å². The molecule has 0 saturated carbocycles. The molecular weight excluding hydrogens is 316 g/mol. The Kier molecular flexibility index (Phi) is 5.83. The Labute approximate surface area is 138 Å². The molecule has 0 atom stereocenters. The molecule has 0 aliphatic rings.